The molecule has 8 nitrogen and oxygen atoms in total. The van der Waals surface area contributed by atoms with Gasteiger partial charge in [-0.3, -0.25) is 10.1 Å². The Morgan fingerprint density at radius 3 is 2.70 bits per heavy atom. The van der Waals surface area contributed by atoms with Crippen LogP contribution in [-0.2, 0) is 11.3 Å². The molecule has 3 rings (SSSR count). The van der Waals surface area contributed by atoms with Crippen LogP contribution in [0.4, 0.5) is 11.4 Å². The van der Waals surface area contributed by atoms with E-state index in [0.29, 0.717) is 16.5 Å². The van der Waals surface area contributed by atoms with E-state index >= 15 is 0 Å². The third-order valence-corrected chi connectivity index (χ3v) is 3.96. The Bertz CT molecular complexity index is 985. The molecule has 0 amide bonds. The lowest BCUT2D eigenvalue weighted by Crippen LogP contribution is -2.09. The van der Waals surface area contributed by atoms with Crippen molar-refractivity contribution in [2.24, 2.45) is 0 Å². The van der Waals surface area contributed by atoms with Gasteiger partial charge in [0, 0.05) is 35.5 Å². The highest BCUT2D eigenvalue weighted by molar-refractivity contribution is 6.30. The van der Waals surface area contributed by atoms with E-state index in [4.69, 9.17) is 20.8 Å². The molecule has 9 heteroatoms. The highest BCUT2D eigenvalue weighted by atomic mass is 35.5. The molecule has 1 heterocycles. The molecule has 0 radical (unpaired) electrons. The summed E-state index contributed by atoms with van der Waals surface area (Å²) >= 11 is 5.85. The minimum absolute atomic E-state index is 0.0520. The van der Waals surface area contributed by atoms with Crippen LogP contribution in [0.2, 0.25) is 5.02 Å². The maximum atomic E-state index is 12.3. The summed E-state index contributed by atoms with van der Waals surface area (Å²) in [5.41, 5.74) is 1.04. The Balaban J connectivity index is 1.72. The predicted octanol–water partition coefficient (Wildman–Crippen LogP) is 4.30. The molecule has 0 spiro atoms. The van der Waals surface area contributed by atoms with Gasteiger partial charge in [0.05, 0.1) is 16.7 Å². The van der Waals surface area contributed by atoms with E-state index in [-0.39, 0.29) is 23.7 Å². The van der Waals surface area contributed by atoms with Crippen LogP contribution in [0.1, 0.15) is 16.2 Å². The summed E-state index contributed by atoms with van der Waals surface area (Å²) in [7, 11) is 1.60. The Hall–Kier alpha value is -3.39. The van der Waals surface area contributed by atoms with Crippen LogP contribution in [-0.4, -0.2) is 22.9 Å². The summed E-state index contributed by atoms with van der Waals surface area (Å²) < 4.78 is 10.7. The third kappa shape index (κ3) is 4.24. The quantitative estimate of drug-likeness (QED) is 0.381. The molecule has 0 bridgehead atoms. The molecule has 1 aromatic heterocycles. The number of ether oxygens (including phenoxy) is 1. The number of aromatic nitrogens is 1. The lowest BCUT2D eigenvalue weighted by Gasteiger charge is -2.08. The van der Waals surface area contributed by atoms with Crippen LogP contribution in [0.25, 0.3) is 11.3 Å². The molecule has 0 aliphatic carbocycles. The monoisotopic (exact) mass is 387 g/mol. The van der Waals surface area contributed by atoms with Gasteiger partial charge in [-0.05, 0) is 30.3 Å². The van der Waals surface area contributed by atoms with Crippen molar-refractivity contribution in [2.75, 3.05) is 12.4 Å². The van der Waals surface area contributed by atoms with Crippen LogP contribution < -0.4 is 5.32 Å². The number of oxazole rings is 1. The fourth-order valence-corrected chi connectivity index (χ4v) is 2.49. The molecule has 138 valence electrons. The number of rotatable bonds is 6. The third-order valence-electron chi connectivity index (χ3n) is 3.71. The molecule has 2 aromatic carbocycles. The zero-order chi connectivity index (χ0) is 19.4. The number of esters is 1. The SMILES string of the molecule is CNc1ccc([N+](=O)[O-])cc1C(=O)OCc1ncc(-c2ccc(Cl)cc2)o1. The van der Waals surface area contributed by atoms with Gasteiger partial charge in [-0.2, -0.15) is 0 Å². The van der Waals surface area contributed by atoms with Crippen molar-refractivity contribution in [3.63, 3.8) is 0 Å². The van der Waals surface area contributed by atoms with Gasteiger partial charge in [0.2, 0.25) is 5.89 Å². The number of carbonyl (C=O) groups is 1. The van der Waals surface area contributed by atoms with E-state index in [1.165, 1.54) is 18.3 Å². The number of nitrogens with one attached hydrogen (secondary N) is 1. The Kier molecular flexibility index (Phi) is 5.37. The van der Waals surface area contributed by atoms with Crippen molar-refractivity contribution in [3.05, 3.63) is 75.3 Å². The Morgan fingerprint density at radius 2 is 2.04 bits per heavy atom. The van der Waals surface area contributed by atoms with Gasteiger partial charge in [0.25, 0.3) is 5.69 Å². The van der Waals surface area contributed by atoms with Crippen LogP contribution in [0, 0.1) is 10.1 Å². The van der Waals surface area contributed by atoms with Crippen molar-refractivity contribution >= 4 is 28.9 Å². The van der Waals surface area contributed by atoms with E-state index in [0.717, 1.165) is 11.6 Å². The summed E-state index contributed by atoms with van der Waals surface area (Å²) in [5, 5.41) is 14.3. The number of nitrogens with zero attached hydrogens (tertiary/aromatic N) is 2. The molecule has 0 saturated carbocycles. The molecule has 0 atom stereocenters. The van der Waals surface area contributed by atoms with Crippen molar-refractivity contribution < 1.29 is 18.9 Å². The first-order valence-electron chi connectivity index (χ1n) is 7.82. The number of halogens is 1. The number of hydrogen-bond acceptors (Lipinski definition) is 7. The van der Waals surface area contributed by atoms with Crippen molar-refractivity contribution in [1.29, 1.82) is 0 Å². The lowest BCUT2D eigenvalue weighted by atomic mass is 10.1. The molecule has 0 saturated heterocycles. The van der Waals surface area contributed by atoms with E-state index in [1.54, 1.807) is 31.3 Å². The van der Waals surface area contributed by atoms with Crippen molar-refractivity contribution in [1.82, 2.24) is 4.98 Å². The second kappa shape index (κ2) is 7.88. The van der Waals surface area contributed by atoms with Gasteiger partial charge < -0.3 is 14.5 Å². The first-order valence-corrected chi connectivity index (χ1v) is 8.19. The molecule has 0 unspecified atom stereocenters. The molecule has 0 fully saturated rings. The van der Waals surface area contributed by atoms with Crippen molar-refractivity contribution in [3.8, 4) is 11.3 Å². The normalized spacial score (nSPS) is 10.4. The summed E-state index contributed by atoms with van der Waals surface area (Å²) in [6.45, 7) is -0.210. The van der Waals surface area contributed by atoms with Gasteiger partial charge >= 0.3 is 5.97 Å². The topological polar surface area (TPSA) is 108 Å². The number of carbonyl (C=O) groups excluding carboxylic acids is 1. The van der Waals surface area contributed by atoms with Crippen LogP contribution in [0.15, 0.2) is 53.1 Å². The summed E-state index contributed by atoms with van der Waals surface area (Å²) in [6, 6.07) is 10.9. The number of benzene rings is 2. The zero-order valence-corrected chi connectivity index (χ0v) is 14.9. The van der Waals surface area contributed by atoms with Gasteiger partial charge in [0.15, 0.2) is 12.4 Å². The van der Waals surface area contributed by atoms with E-state index in [9.17, 15) is 14.9 Å². The largest absolute Gasteiger partial charge is 0.452 e. The van der Waals surface area contributed by atoms with Crippen LogP contribution >= 0.6 is 11.6 Å². The number of nitro benzene ring substituents is 1. The highest BCUT2D eigenvalue weighted by Crippen LogP contribution is 2.24. The summed E-state index contributed by atoms with van der Waals surface area (Å²) in [6.07, 6.45) is 1.51. The second-order valence-corrected chi connectivity index (χ2v) is 5.87. The van der Waals surface area contributed by atoms with Crippen LogP contribution in [0.5, 0.6) is 0 Å². The number of nitro groups is 1. The second-order valence-electron chi connectivity index (χ2n) is 5.44. The maximum Gasteiger partial charge on any atom is 0.341 e. The first-order chi connectivity index (χ1) is 13.0. The van der Waals surface area contributed by atoms with Gasteiger partial charge in [-0.15, -0.1) is 0 Å². The molecule has 0 aliphatic heterocycles. The fraction of sp³-hybridized carbons (Fsp3) is 0.111. The number of hydrogen-bond donors (Lipinski definition) is 1. The Labute approximate surface area is 158 Å². The molecular formula is C18H14ClN3O5. The van der Waals surface area contributed by atoms with E-state index in [2.05, 4.69) is 10.3 Å². The van der Waals surface area contributed by atoms with Gasteiger partial charge in [-0.1, -0.05) is 11.6 Å². The van der Waals surface area contributed by atoms with Gasteiger partial charge in [0.1, 0.15) is 0 Å². The molecule has 27 heavy (non-hydrogen) atoms. The van der Waals surface area contributed by atoms with E-state index in [1.807, 2.05) is 0 Å². The number of anilines is 1. The maximum absolute atomic E-state index is 12.3. The summed E-state index contributed by atoms with van der Waals surface area (Å²) in [5.74, 6) is -0.0250. The standard InChI is InChI=1S/C18H14ClN3O5/c1-20-15-7-6-13(22(24)25)8-14(15)18(23)26-10-17-21-9-16(27-17)11-2-4-12(19)5-3-11/h2-9,20H,10H2,1H3. The predicted molar refractivity (Wildman–Crippen MR) is 98.7 cm³/mol. The molecular weight excluding hydrogens is 374 g/mol. The fourth-order valence-electron chi connectivity index (χ4n) is 2.36. The molecule has 0 aliphatic rings. The average Bonchev–Trinajstić information content (AvgIpc) is 3.15. The smallest absolute Gasteiger partial charge is 0.341 e. The first kappa shape index (κ1) is 18.4. The minimum atomic E-state index is -0.728. The number of non-ortho nitro benzene ring substituents is 1. The van der Waals surface area contributed by atoms with E-state index < -0.39 is 10.9 Å². The zero-order valence-electron chi connectivity index (χ0n) is 14.1. The highest BCUT2D eigenvalue weighted by Gasteiger charge is 2.18. The Morgan fingerprint density at radius 1 is 1.30 bits per heavy atom. The van der Waals surface area contributed by atoms with Crippen LogP contribution in [0.3, 0.4) is 0 Å². The average molecular weight is 388 g/mol. The minimum Gasteiger partial charge on any atom is -0.452 e. The summed E-state index contributed by atoms with van der Waals surface area (Å²) in [4.78, 5) is 26.7. The molecule has 3 aromatic rings. The lowest BCUT2D eigenvalue weighted by molar-refractivity contribution is -0.384. The van der Waals surface area contributed by atoms with Gasteiger partial charge in [-0.25, -0.2) is 9.78 Å². The van der Waals surface area contributed by atoms with Crippen molar-refractivity contribution in [2.45, 2.75) is 6.61 Å². The molecule has 1 N–H and O–H groups in total.